The van der Waals surface area contributed by atoms with Crippen molar-refractivity contribution in [1.29, 1.82) is 0 Å². The lowest BCUT2D eigenvalue weighted by molar-refractivity contribution is -0.435. The third-order valence-electron chi connectivity index (χ3n) is 1.04. The van der Waals surface area contributed by atoms with E-state index < -0.39 is 0 Å². The topological polar surface area (TPSA) is 29.9 Å². The van der Waals surface area contributed by atoms with Crippen LogP contribution in [0.3, 0.4) is 0 Å². The molecule has 0 aliphatic heterocycles. The average Bonchev–Trinajstić information content (AvgIpc) is 2.33. The van der Waals surface area contributed by atoms with Gasteiger partial charge in [-0.3, -0.25) is 0 Å². The Labute approximate surface area is 55.9 Å². The molecule has 0 atom stereocenters. The normalized spacial score (nSPS) is 10.2. The summed E-state index contributed by atoms with van der Waals surface area (Å²) in [4.78, 5) is 4.05. The van der Waals surface area contributed by atoms with Gasteiger partial charge in [-0.1, -0.05) is 0 Å². The Morgan fingerprint density at radius 1 is 1.56 bits per heavy atom. The van der Waals surface area contributed by atoms with Gasteiger partial charge in [0, 0.05) is 6.07 Å². The van der Waals surface area contributed by atoms with Crippen LogP contribution in [0.4, 0.5) is 0 Å². The molecule has 0 N–H and O–H groups in total. The smallest absolute Gasteiger partial charge is 0.148 e. The Kier molecular flexibility index (Phi) is 0.927. The summed E-state index contributed by atoms with van der Waals surface area (Å²) >= 11 is 1.39. The minimum atomic E-state index is 0.905. The number of fused-ring (bicyclic) bond motifs is 1. The van der Waals surface area contributed by atoms with E-state index >= 15 is 0 Å². The van der Waals surface area contributed by atoms with Gasteiger partial charge in [0.2, 0.25) is 11.7 Å². The van der Waals surface area contributed by atoms with Crippen LogP contribution < -0.4 is 3.79 Å². The molecule has 0 saturated carbocycles. The summed E-state index contributed by atoms with van der Waals surface area (Å²) in [6.45, 7) is 0. The van der Waals surface area contributed by atoms with Gasteiger partial charge in [0.1, 0.15) is 6.20 Å². The molecule has 0 unspecified atom stereocenters. The van der Waals surface area contributed by atoms with Crippen LogP contribution in [-0.4, -0.2) is 9.36 Å². The number of hydrogen-bond donors (Lipinski definition) is 0. The lowest BCUT2D eigenvalue weighted by atomic mass is 10.6. The van der Waals surface area contributed by atoms with Crippen molar-refractivity contribution in [2.24, 2.45) is 0 Å². The molecular formula is C5H4N3S+. The van der Waals surface area contributed by atoms with E-state index in [1.165, 1.54) is 11.7 Å². The second-order valence-corrected chi connectivity index (χ2v) is 2.39. The van der Waals surface area contributed by atoms with E-state index in [2.05, 4.69) is 9.36 Å². The Hall–Kier alpha value is -1.03. The maximum atomic E-state index is 4.05. The SMILES string of the molecule is c1cnc2cns[n+]2c1. The summed E-state index contributed by atoms with van der Waals surface area (Å²) < 4.78 is 5.85. The predicted octanol–water partition coefficient (Wildman–Crippen LogP) is 0.277. The van der Waals surface area contributed by atoms with Gasteiger partial charge in [-0.15, -0.1) is 8.77 Å². The summed E-state index contributed by atoms with van der Waals surface area (Å²) in [5.41, 5.74) is 0.905. The molecule has 0 radical (unpaired) electrons. The Balaban J connectivity index is 2.95. The van der Waals surface area contributed by atoms with Gasteiger partial charge in [-0.2, -0.15) is 0 Å². The van der Waals surface area contributed by atoms with Gasteiger partial charge in [-0.05, 0) is 4.37 Å². The third kappa shape index (κ3) is 0.675. The fraction of sp³-hybridized carbons (Fsp3) is 0. The van der Waals surface area contributed by atoms with Crippen LogP contribution in [0.5, 0.6) is 0 Å². The van der Waals surface area contributed by atoms with E-state index in [0.29, 0.717) is 0 Å². The predicted molar refractivity (Wildman–Crippen MR) is 33.1 cm³/mol. The lowest BCUT2D eigenvalue weighted by Crippen LogP contribution is -2.13. The van der Waals surface area contributed by atoms with Gasteiger partial charge in [0.05, 0.1) is 6.20 Å². The van der Waals surface area contributed by atoms with E-state index in [1.54, 1.807) is 12.4 Å². The van der Waals surface area contributed by atoms with Crippen LogP contribution in [0, 0.1) is 0 Å². The highest BCUT2D eigenvalue weighted by molar-refractivity contribution is 6.94. The Morgan fingerprint density at radius 2 is 2.56 bits per heavy atom. The molecule has 0 amide bonds. The fourth-order valence-corrected chi connectivity index (χ4v) is 1.20. The highest BCUT2D eigenvalue weighted by atomic mass is 32.1. The fourth-order valence-electron chi connectivity index (χ4n) is 0.650. The molecule has 2 aromatic heterocycles. The van der Waals surface area contributed by atoms with E-state index in [4.69, 9.17) is 0 Å². The summed E-state index contributed by atoms with van der Waals surface area (Å²) in [5, 5.41) is 0. The zero-order chi connectivity index (χ0) is 6.10. The summed E-state index contributed by atoms with van der Waals surface area (Å²) in [5.74, 6) is 0. The molecule has 2 aromatic rings. The van der Waals surface area contributed by atoms with Crippen LogP contribution in [-0.2, 0) is 0 Å². The number of aromatic nitrogens is 3. The number of rotatable bonds is 0. The average molecular weight is 138 g/mol. The number of hydrogen-bond acceptors (Lipinski definition) is 3. The first-order valence-corrected chi connectivity index (χ1v) is 3.27. The van der Waals surface area contributed by atoms with Crippen LogP contribution in [0.1, 0.15) is 0 Å². The van der Waals surface area contributed by atoms with Crippen molar-refractivity contribution in [2.75, 3.05) is 0 Å². The minimum Gasteiger partial charge on any atom is -0.148 e. The van der Waals surface area contributed by atoms with Crippen molar-refractivity contribution in [3.05, 3.63) is 24.7 Å². The van der Waals surface area contributed by atoms with E-state index in [-0.39, 0.29) is 0 Å². The minimum absolute atomic E-state index is 0.905. The van der Waals surface area contributed by atoms with Crippen molar-refractivity contribution in [3.63, 3.8) is 0 Å². The third-order valence-corrected chi connectivity index (χ3v) is 1.73. The zero-order valence-corrected chi connectivity index (χ0v) is 5.38. The van der Waals surface area contributed by atoms with Crippen molar-refractivity contribution in [2.45, 2.75) is 0 Å². The highest BCUT2D eigenvalue weighted by Gasteiger charge is 1.99. The zero-order valence-electron chi connectivity index (χ0n) is 4.56. The van der Waals surface area contributed by atoms with Crippen molar-refractivity contribution in [1.82, 2.24) is 9.36 Å². The molecule has 0 spiro atoms. The first kappa shape index (κ1) is 4.81. The van der Waals surface area contributed by atoms with Crippen LogP contribution in [0.15, 0.2) is 24.7 Å². The maximum absolute atomic E-state index is 4.05. The summed E-state index contributed by atoms with van der Waals surface area (Å²) in [7, 11) is 0. The van der Waals surface area contributed by atoms with Crippen molar-refractivity contribution >= 4 is 17.4 Å². The van der Waals surface area contributed by atoms with Gasteiger partial charge in [-0.25, -0.2) is 0 Å². The molecule has 0 saturated heterocycles. The molecule has 4 heteroatoms. The molecular weight excluding hydrogens is 134 g/mol. The molecule has 0 aliphatic carbocycles. The maximum Gasteiger partial charge on any atom is 0.314 e. The first-order valence-electron chi connectivity index (χ1n) is 2.54. The molecule has 2 rings (SSSR count). The Bertz CT molecular complexity index is 286. The van der Waals surface area contributed by atoms with Crippen LogP contribution >= 0.6 is 11.7 Å². The molecule has 0 aromatic carbocycles. The highest BCUT2D eigenvalue weighted by Crippen LogP contribution is 1.88. The van der Waals surface area contributed by atoms with E-state index in [9.17, 15) is 0 Å². The molecule has 0 fully saturated rings. The van der Waals surface area contributed by atoms with Gasteiger partial charge in [0.15, 0.2) is 6.20 Å². The largest absolute Gasteiger partial charge is 0.314 e. The standard InChI is InChI=1S/C5H4N3S/c1-2-6-5-4-7-9-8(5)3-1/h1-4H/q+1. The van der Waals surface area contributed by atoms with Crippen LogP contribution in [0.25, 0.3) is 5.65 Å². The molecule has 2 heterocycles. The molecule has 44 valence electrons. The van der Waals surface area contributed by atoms with E-state index in [0.717, 1.165) is 5.65 Å². The van der Waals surface area contributed by atoms with Crippen molar-refractivity contribution in [3.8, 4) is 0 Å². The van der Waals surface area contributed by atoms with Gasteiger partial charge < -0.3 is 0 Å². The monoisotopic (exact) mass is 138 g/mol. The molecule has 3 nitrogen and oxygen atoms in total. The Morgan fingerprint density at radius 3 is 3.44 bits per heavy atom. The second-order valence-electron chi connectivity index (χ2n) is 1.62. The summed E-state index contributed by atoms with van der Waals surface area (Å²) in [6.07, 6.45) is 5.42. The van der Waals surface area contributed by atoms with Crippen LogP contribution in [0.2, 0.25) is 0 Å². The summed E-state index contributed by atoms with van der Waals surface area (Å²) in [6, 6.07) is 1.88. The van der Waals surface area contributed by atoms with Gasteiger partial charge >= 0.3 is 5.65 Å². The lowest BCUT2D eigenvalue weighted by Gasteiger charge is -1.74. The second kappa shape index (κ2) is 1.73. The van der Waals surface area contributed by atoms with Gasteiger partial charge in [0.25, 0.3) is 0 Å². The first-order chi connectivity index (χ1) is 4.47. The quantitative estimate of drug-likeness (QED) is 0.489. The molecule has 9 heavy (non-hydrogen) atoms. The van der Waals surface area contributed by atoms with E-state index in [1.807, 2.05) is 16.1 Å². The molecule has 0 bridgehead atoms. The number of nitrogens with zero attached hydrogens (tertiary/aromatic N) is 3. The van der Waals surface area contributed by atoms with Crippen molar-refractivity contribution < 1.29 is 3.79 Å². The molecule has 0 aliphatic rings.